The average molecular weight is 238 g/mol. The average Bonchev–Trinajstić information content (AvgIpc) is 3.14. The summed E-state index contributed by atoms with van der Waals surface area (Å²) < 4.78 is 0. The fraction of sp³-hybridized carbons (Fsp3) is 1.00. The highest BCUT2D eigenvalue weighted by Gasteiger charge is 2.40. The van der Waals surface area contributed by atoms with Crippen molar-refractivity contribution in [1.82, 2.24) is 10.2 Å². The van der Waals surface area contributed by atoms with Crippen molar-refractivity contribution in [3.05, 3.63) is 0 Å². The molecule has 0 aromatic carbocycles. The Morgan fingerprint density at radius 1 is 1.06 bits per heavy atom. The SMILES string of the molecule is CC(C)CCN(C)CCNC(C1CC1)C1CC1. The summed E-state index contributed by atoms with van der Waals surface area (Å²) in [4.78, 5) is 2.48. The van der Waals surface area contributed by atoms with E-state index in [-0.39, 0.29) is 0 Å². The van der Waals surface area contributed by atoms with Gasteiger partial charge >= 0.3 is 0 Å². The van der Waals surface area contributed by atoms with E-state index >= 15 is 0 Å². The Kier molecular flexibility index (Phi) is 4.87. The van der Waals surface area contributed by atoms with Crippen molar-refractivity contribution in [2.45, 2.75) is 52.0 Å². The molecule has 0 spiro atoms. The molecule has 2 rings (SSSR count). The van der Waals surface area contributed by atoms with Crippen molar-refractivity contribution in [3.63, 3.8) is 0 Å². The molecule has 0 aliphatic heterocycles. The van der Waals surface area contributed by atoms with E-state index < -0.39 is 0 Å². The van der Waals surface area contributed by atoms with Crippen LogP contribution in [0.2, 0.25) is 0 Å². The van der Waals surface area contributed by atoms with Gasteiger partial charge in [0.2, 0.25) is 0 Å². The predicted molar refractivity (Wildman–Crippen MR) is 74.2 cm³/mol. The van der Waals surface area contributed by atoms with E-state index in [1.165, 1.54) is 51.7 Å². The lowest BCUT2D eigenvalue weighted by Gasteiger charge is -2.22. The zero-order chi connectivity index (χ0) is 12.3. The summed E-state index contributed by atoms with van der Waals surface area (Å²) in [5, 5.41) is 3.82. The van der Waals surface area contributed by atoms with Gasteiger partial charge in [-0.05, 0) is 63.5 Å². The number of hydrogen-bond donors (Lipinski definition) is 1. The van der Waals surface area contributed by atoms with Crippen molar-refractivity contribution < 1.29 is 0 Å². The molecule has 0 aromatic rings. The Morgan fingerprint density at radius 3 is 2.12 bits per heavy atom. The van der Waals surface area contributed by atoms with Crippen molar-refractivity contribution in [3.8, 4) is 0 Å². The molecule has 0 aromatic heterocycles. The summed E-state index contributed by atoms with van der Waals surface area (Å²) in [6.45, 7) is 8.26. The Bertz CT molecular complexity index is 207. The summed E-state index contributed by atoms with van der Waals surface area (Å²) in [6.07, 6.45) is 7.26. The monoisotopic (exact) mass is 238 g/mol. The highest BCUT2D eigenvalue weighted by atomic mass is 15.1. The molecule has 0 bridgehead atoms. The zero-order valence-electron chi connectivity index (χ0n) is 11.9. The molecule has 2 fully saturated rings. The fourth-order valence-electron chi connectivity index (χ4n) is 2.64. The number of nitrogens with one attached hydrogen (secondary N) is 1. The topological polar surface area (TPSA) is 15.3 Å². The molecule has 2 saturated carbocycles. The molecule has 1 N–H and O–H groups in total. The molecule has 2 aliphatic rings. The summed E-state index contributed by atoms with van der Waals surface area (Å²) in [6, 6.07) is 0.869. The van der Waals surface area contributed by atoms with Crippen molar-refractivity contribution in [1.29, 1.82) is 0 Å². The number of likely N-dealkylation sites (N-methyl/N-ethyl adjacent to an activating group) is 1. The maximum atomic E-state index is 3.82. The molecular formula is C15H30N2. The maximum Gasteiger partial charge on any atom is 0.0124 e. The van der Waals surface area contributed by atoms with Crippen LogP contribution in [0.3, 0.4) is 0 Å². The van der Waals surface area contributed by atoms with Gasteiger partial charge in [-0.25, -0.2) is 0 Å². The number of nitrogens with zero attached hydrogens (tertiary/aromatic N) is 1. The molecule has 0 radical (unpaired) electrons. The van der Waals surface area contributed by atoms with Crippen LogP contribution in [0.15, 0.2) is 0 Å². The van der Waals surface area contributed by atoms with Gasteiger partial charge in [0.1, 0.15) is 0 Å². The summed E-state index contributed by atoms with van der Waals surface area (Å²) in [5.41, 5.74) is 0. The Labute approximate surface area is 107 Å². The van der Waals surface area contributed by atoms with E-state index in [0.717, 1.165) is 23.8 Å². The van der Waals surface area contributed by atoms with Gasteiger partial charge in [-0.1, -0.05) is 13.8 Å². The van der Waals surface area contributed by atoms with Crippen LogP contribution in [0.5, 0.6) is 0 Å². The standard InChI is InChI=1S/C15H30N2/c1-12(2)8-10-17(3)11-9-16-15(13-4-5-13)14-6-7-14/h12-16H,4-11H2,1-3H3. The van der Waals surface area contributed by atoms with Crippen LogP contribution < -0.4 is 5.32 Å². The first-order valence-electron chi connectivity index (χ1n) is 7.58. The molecule has 0 atom stereocenters. The zero-order valence-corrected chi connectivity index (χ0v) is 11.9. The summed E-state index contributed by atoms with van der Waals surface area (Å²) >= 11 is 0. The van der Waals surface area contributed by atoms with Gasteiger partial charge in [-0.15, -0.1) is 0 Å². The van der Waals surface area contributed by atoms with Gasteiger partial charge in [0.15, 0.2) is 0 Å². The predicted octanol–water partition coefficient (Wildman–Crippen LogP) is 2.74. The third-order valence-corrected chi connectivity index (χ3v) is 4.22. The Balaban J connectivity index is 1.54. The summed E-state index contributed by atoms with van der Waals surface area (Å²) in [5.74, 6) is 2.89. The molecule has 2 nitrogen and oxygen atoms in total. The first kappa shape index (κ1) is 13.4. The summed E-state index contributed by atoms with van der Waals surface area (Å²) in [7, 11) is 2.26. The maximum absolute atomic E-state index is 3.82. The molecule has 0 saturated heterocycles. The molecule has 0 heterocycles. The molecule has 0 amide bonds. The molecule has 100 valence electrons. The molecule has 2 heteroatoms. The Hall–Kier alpha value is -0.0800. The van der Waals surface area contributed by atoms with Crippen molar-refractivity contribution in [2.24, 2.45) is 17.8 Å². The van der Waals surface area contributed by atoms with Crippen molar-refractivity contribution in [2.75, 3.05) is 26.7 Å². The van der Waals surface area contributed by atoms with E-state index in [1.54, 1.807) is 0 Å². The minimum Gasteiger partial charge on any atom is -0.312 e. The van der Waals surface area contributed by atoms with Crippen LogP contribution in [0.1, 0.15) is 46.0 Å². The lowest BCUT2D eigenvalue weighted by molar-refractivity contribution is 0.295. The quantitative estimate of drug-likeness (QED) is 0.664. The van der Waals surface area contributed by atoms with Gasteiger partial charge in [0, 0.05) is 19.1 Å². The minimum absolute atomic E-state index is 0.830. The van der Waals surface area contributed by atoms with Gasteiger partial charge in [-0.2, -0.15) is 0 Å². The lowest BCUT2D eigenvalue weighted by Crippen LogP contribution is -2.38. The van der Waals surface area contributed by atoms with Gasteiger partial charge in [0.25, 0.3) is 0 Å². The highest BCUT2D eigenvalue weighted by Crippen LogP contribution is 2.44. The minimum atomic E-state index is 0.830. The van der Waals surface area contributed by atoms with Gasteiger partial charge < -0.3 is 10.2 Å². The number of rotatable bonds is 9. The first-order chi connectivity index (χ1) is 8.16. The van der Waals surface area contributed by atoms with Gasteiger partial charge in [0.05, 0.1) is 0 Å². The van der Waals surface area contributed by atoms with Gasteiger partial charge in [-0.3, -0.25) is 0 Å². The largest absolute Gasteiger partial charge is 0.312 e. The van der Waals surface area contributed by atoms with Crippen molar-refractivity contribution >= 4 is 0 Å². The second kappa shape index (κ2) is 6.19. The van der Waals surface area contributed by atoms with Crippen LogP contribution >= 0.6 is 0 Å². The molecular weight excluding hydrogens is 208 g/mol. The molecule has 2 aliphatic carbocycles. The smallest absolute Gasteiger partial charge is 0.0124 e. The van der Waals surface area contributed by atoms with Crippen LogP contribution in [0, 0.1) is 17.8 Å². The van der Waals surface area contributed by atoms with E-state index in [9.17, 15) is 0 Å². The fourth-order valence-corrected chi connectivity index (χ4v) is 2.64. The van der Waals surface area contributed by atoms with Crippen LogP contribution in [0.25, 0.3) is 0 Å². The second-order valence-electron chi connectivity index (χ2n) is 6.64. The van der Waals surface area contributed by atoms with Crippen LogP contribution in [-0.2, 0) is 0 Å². The first-order valence-corrected chi connectivity index (χ1v) is 7.58. The third kappa shape index (κ3) is 4.97. The molecule has 17 heavy (non-hydrogen) atoms. The Morgan fingerprint density at radius 2 is 1.65 bits per heavy atom. The number of hydrogen-bond acceptors (Lipinski definition) is 2. The molecule has 0 unspecified atom stereocenters. The van der Waals surface area contributed by atoms with E-state index in [1.807, 2.05) is 0 Å². The lowest BCUT2D eigenvalue weighted by atomic mass is 10.1. The van der Waals surface area contributed by atoms with Crippen LogP contribution in [-0.4, -0.2) is 37.6 Å². The van der Waals surface area contributed by atoms with Crippen LogP contribution in [0.4, 0.5) is 0 Å². The highest BCUT2D eigenvalue weighted by molar-refractivity contribution is 4.96. The third-order valence-electron chi connectivity index (χ3n) is 4.22. The van der Waals surface area contributed by atoms with E-state index in [0.29, 0.717) is 0 Å². The second-order valence-corrected chi connectivity index (χ2v) is 6.64. The normalized spacial score (nSPS) is 20.8. The van der Waals surface area contributed by atoms with E-state index in [4.69, 9.17) is 0 Å². The van der Waals surface area contributed by atoms with E-state index in [2.05, 4.69) is 31.1 Å².